The van der Waals surface area contributed by atoms with Crippen molar-refractivity contribution in [3.63, 3.8) is 0 Å². The van der Waals surface area contributed by atoms with Crippen molar-refractivity contribution in [1.82, 2.24) is 0 Å². The molecule has 0 saturated carbocycles. The third-order valence-corrected chi connectivity index (χ3v) is 1.29. The number of hydrogen-bond donors (Lipinski definition) is 3. The number of carbonyl (C=O) groups is 1. The van der Waals surface area contributed by atoms with Gasteiger partial charge in [0, 0.05) is 0 Å². The quantitative estimate of drug-likeness (QED) is 0.488. The van der Waals surface area contributed by atoms with E-state index in [9.17, 15) is 4.79 Å². The fourth-order valence-electron chi connectivity index (χ4n) is 0.632. The molecule has 5 heteroatoms. The summed E-state index contributed by atoms with van der Waals surface area (Å²) >= 11 is 0. The van der Waals surface area contributed by atoms with Crippen molar-refractivity contribution in [3.8, 4) is 0 Å². The fourth-order valence-corrected chi connectivity index (χ4v) is 0.632. The second-order valence-electron chi connectivity index (χ2n) is 5.23. The first-order valence-corrected chi connectivity index (χ1v) is 9.37. The zero-order chi connectivity index (χ0) is 12.5. The van der Waals surface area contributed by atoms with Gasteiger partial charge in [-0.3, -0.25) is 4.79 Å². The Labute approximate surface area is 93.7 Å². The Morgan fingerprint density at radius 2 is 1.67 bits per heavy atom. The summed E-state index contributed by atoms with van der Waals surface area (Å²) in [5.41, 5.74) is 10.4. The Morgan fingerprint density at radius 3 is 1.93 bits per heavy atom. The average molecular weight is 238 g/mol. The van der Waals surface area contributed by atoms with Crippen LogP contribution < -0.4 is 11.5 Å². The Hall–Kier alpha value is -0.180. The summed E-state index contributed by atoms with van der Waals surface area (Å²) in [5, 5.41) is 8.33. The van der Waals surface area contributed by atoms with Crippen LogP contribution in [0.5, 0.6) is 0 Å². The van der Waals surface area contributed by atoms with E-state index in [2.05, 4.69) is 26.7 Å². The van der Waals surface area contributed by atoms with Gasteiger partial charge in [-0.1, -0.05) is 6.42 Å². The molecular weight excluding hydrogens is 211 g/mol. The molecule has 1 atom stereocenters. The summed E-state index contributed by atoms with van der Waals surface area (Å²) in [4.78, 5) is 10.1. The molecule has 0 amide bonds. The Bertz CT molecular complexity index is 163. The van der Waals surface area contributed by atoms with Crippen LogP contribution in [-0.4, -0.2) is 50.3 Å². The minimum atomic E-state index is -0.933. The molecule has 1 unspecified atom stereocenters. The van der Waals surface area contributed by atoms with Gasteiger partial charge in [0.25, 0.3) is 0 Å². The Balaban J connectivity index is 0. The number of nitrogens with two attached hydrogens (primary N) is 2. The number of hydrogen-bond acceptors (Lipinski definition) is 3. The van der Waals surface area contributed by atoms with Gasteiger partial charge in [0.05, 0.1) is 0 Å². The second kappa shape index (κ2) is 9.08. The molecule has 0 spiro atoms. The van der Waals surface area contributed by atoms with Gasteiger partial charge in [0.1, 0.15) is 6.04 Å². The van der Waals surface area contributed by atoms with E-state index in [1.165, 1.54) is 0 Å². The summed E-state index contributed by atoms with van der Waals surface area (Å²) < 4.78 is 0. The van der Waals surface area contributed by atoms with Crippen molar-refractivity contribution in [1.29, 1.82) is 0 Å². The van der Waals surface area contributed by atoms with Crippen molar-refractivity contribution in [2.45, 2.75) is 25.3 Å². The van der Waals surface area contributed by atoms with Crippen molar-refractivity contribution < 1.29 is 9.90 Å². The van der Waals surface area contributed by atoms with Gasteiger partial charge >= 0.3 is 39.9 Å². The van der Waals surface area contributed by atoms with Crippen molar-refractivity contribution in [2.24, 2.45) is 11.5 Å². The molecule has 0 saturated heterocycles. The Kier molecular flexibility index (Phi) is 10.4. The van der Waals surface area contributed by atoms with Crippen molar-refractivity contribution >= 4 is 13.2 Å². The molecule has 15 heavy (non-hydrogen) atoms. The molecule has 0 heterocycles. The van der Waals surface area contributed by atoms with Crippen LogP contribution in [0, 0.1) is 0 Å². The molecule has 94 valence electrons. The normalized spacial score (nSPS) is 13.7. The van der Waals surface area contributed by atoms with Gasteiger partial charge in [-0.15, -0.1) is 0 Å². The van der Waals surface area contributed by atoms with Crippen LogP contribution in [-0.2, 0) is 4.79 Å². The van der Waals surface area contributed by atoms with Gasteiger partial charge in [0.2, 0.25) is 0 Å². The molecule has 0 aromatic rings. The van der Waals surface area contributed by atoms with Crippen molar-refractivity contribution in [3.05, 3.63) is 0 Å². The van der Waals surface area contributed by atoms with Crippen LogP contribution in [0.4, 0.5) is 0 Å². The minimum Gasteiger partial charge on any atom is -0.480 e. The molecule has 0 aromatic carbocycles. The first-order valence-electron chi connectivity index (χ1n) is 5.37. The maximum Gasteiger partial charge on any atom is 0.320 e. The maximum absolute atomic E-state index is 10.1. The zero-order valence-corrected chi connectivity index (χ0v) is 11.4. The topological polar surface area (TPSA) is 89.3 Å². The summed E-state index contributed by atoms with van der Waals surface area (Å²) in [6.07, 6.45) is 2.16. The van der Waals surface area contributed by atoms with Crippen molar-refractivity contribution in [2.75, 3.05) is 33.2 Å². The van der Waals surface area contributed by atoms with Crippen LogP contribution in [0.3, 0.4) is 0 Å². The molecule has 0 fully saturated rings. The van der Waals surface area contributed by atoms with E-state index < -0.39 is 19.3 Å². The van der Waals surface area contributed by atoms with Crippen LogP contribution in [0.15, 0.2) is 0 Å². The number of rotatable bonds is 5. The number of carboxylic acids is 1. The monoisotopic (exact) mass is 238 g/mol. The molecular formula is C10H27N2O2P. The Morgan fingerprint density at radius 1 is 1.27 bits per heavy atom. The van der Waals surface area contributed by atoms with Gasteiger partial charge in [0.15, 0.2) is 0 Å². The van der Waals surface area contributed by atoms with E-state index in [0.717, 1.165) is 12.8 Å². The molecule has 4 nitrogen and oxygen atoms in total. The summed E-state index contributed by atoms with van der Waals surface area (Å²) in [5.74, 6) is -0.933. The molecule has 0 aliphatic rings. The van der Waals surface area contributed by atoms with E-state index in [4.69, 9.17) is 16.6 Å². The molecule has 0 radical (unpaired) electrons. The van der Waals surface area contributed by atoms with Gasteiger partial charge in [-0.05, 0) is 19.4 Å². The molecule has 0 rings (SSSR count). The molecule has 0 aliphatic heterocycles. The van der Waals surface area contributed by atoms with Gasteiger partial charge in [-0.2, -0.15) is 0 Å². The van der Waals surface area contributed by atoms with Crippen LogP contribution >= 0.6 is 7.26 Å². The number of aliphatic carboxylic acids is 1. The van der Waals surface area contributed by atoms with Gasteiger partial charge < -0.3 is 16.6 Å². The predicted octanol–water partition coefficient (Wildman–Crippen LogP) is 0.783. The standard InChI is InChI=1S/C6H14N2O2.C4H13P/c7-4-2-1-3-5(8)6(9)10;1-5(2,3)4/h5H,1-4,7-8H2,(H,9,10);5H,1-4H3. The predicted molar refractivity (Wildman–Crippen MR) is 70.5 cm³/mol. The fraction of sp³-hybridized carbons (Fsp3) is 0.900. The van der Waals surface area contributed by atoms with E-state index in [0.29, 0.717) is 13.0 Å². The third-order valence-electron chi connectivity index (χ3n) is 1.29. The molecule has 0 bridgehead atoms. The minimum absolute atomic E-state index is 0.520. The second-order valence-corrected chi connectivity index (χ2v) is 11.2. The van der Waals surface area contributed by atoms with Gasteiger partial charge in [-0.25, -0.2) is 0 Å². The van der Waals surface area contributed by atoms with Crippen LogP contribution in [0.25, 0.3) is 0 Å². The van der Waals surface area contributed by atoms with E-state index in [1.54, 1.807) is 0 Å². The zero-order valence-electron chi connectivity index (χ0n) is 10.4. The average Bonchev–Trinajstić information content (AvgIpc) is 2.01. The SMILES string of the molecule is C[PH](C)(C)C.NCCCCC(N)C(=O)O. The first kappa shape index (κ1) is 17.2. The smallest absolute Gasteiger partial charge is 0.320 e. The van der Waals surface area contributed by atoms with E-state index in [-0.39, 0.29) is 0 Å². The van der Waals surface area contributed by atoms with E-state index in [1.807, 2.05) is 0 Å². The third kappa shape index (κ3) is 24.8. The number of carboxylic acid groups (broad SMARTS) is 1. The molecule has 0 aromatic heterocycles. The maximum atomic E-state index is 10.1. The van der Waals surface area contributed by atoms with E-state index >= 15 is 0 Å². The van der Waals surface area contributed by atoms with Crippen LogP contribution in [0.2, 0.25) is 0 Å². The molecule has 5 N–H and O–H groups in total. The first-order chi connectivity index (χ1) is 6.68. The summed E-state index contributed by atoms with van der Waals surface area (Å²) in [6, 6.07) is -0.716. The summed E-state index contributed by atoms with van der Waals surface area (Å²) in [7, 11) is -0.611. The van der Waals surface area contributed by atoms with Crippen LogP contribution in [0.1, 0.15) is 19.3 Å². The summed E-state index contributed by atoms with van der Waals surface area (Å²) in [6.45, 7) is 9.91. The number of unbranched alkanes of at least 4 members (excludes halogenated alkanes) is 1. The largest absolute Gasteiger partial charge is 0.480 e. The molecule has 0 aliphatic carbocycles.